The van der Waals surface area contributed by atoms with Crippen LogP contribution in [0.1, 0.15) is 39.2 Å². The molecule has 1 unspecified atom stereocenters. The number of hydrogen-bond donors (Lipinski definition) is 0. The average molecular weight is 320 g/mol. The Balaban J connectivity index is 3.33. The highest BCUT2D eigenvalue weighted by molar-refractivity contribution is 6.01. The van der Waals surface area contributed by atoms with Gasteiger partial charge >= 0.3 is 5.97 Å². The molecule has 1 rings (SSSR count). The molecule has 1 aromatic rings. The van der Waals surface area contributed by atoms with E-state index in [9.17, 15) is 18.8 Å². The topological polar surface area (TPSA) is 60.4 Å². The van der Waals surface area contributed by atoms with Crippen LogP contribution in [0.15, 0.2) is 35.9 Å². The van der Waals surface area contributed by atoms with Crippen LogP contribution < -0.4 is 0 Å². The molecule has 124 valence electrons. The summed E-state index contributed by atoms with van der Waals surface area (Å²) in [6.07, 6.45) is 1.54. The Morgan fingerprint density at radius 2 is 1.61 bits per heavy atom. The van der Waals surface area contributed by atoms with Gasteiger partial charge in [0.2, 0.25) is 0 Å². The largest absolute Gasteiger partial charge is 0.463 e. The molecule has 0 bridgehead atoms. The summed E-state index contributed by atoms with van der Waals surface area (Å²) in [5.41, 5.74) is 0.888. The van der Waals surface area contributed by atoms with E-state index in [4.69, 9.17) is 4.74 Å². The predicted octanol–water partition coefficient (Wildman–Crippen LogP) is 3.21. The fourth-order valence-corrected chi connectivity index (χ4v) is 2.44. The van der Waals surface area contributed by atoms with Crippen LogP contribution in [0.4, 0.5) is 4.39 Å². The second-order valence-electron chi connectivity index (χ2n) is 5.35. The minimum Gasteiger partial charge on any atom is -0.463 e. The molecule has 0 N–H and O–H groups in total. The van der Waals surface area contributed by atoms with Crippen LogP contribution in [-0.2, 0) is 19.1 Å². The summed E-state index contributed by atoms with van der Waals surface area (Å²) in [5.74, 6) is -3.11. The van der Waals surface area contributed by atoms with E-state index in [2.05, 4.69) is 0 Å². The van der Waals surface area contributed by atoms with Crippen molar-refractivity contribution in [3.8, 4) is 0 Å². The van der Waals surface area contributed by atoms with Gasteiger partial charge in [0.15, 0.2) is 0 Å². The SMILES string of the molecule is CCOC(=O)/C(C)=C/C(c1ccc(F)cc1)C(C(C)=O)C(C)=O. The van der Waals surface area contributed by atoms with Gasteiger partial charge in [-0.3, -0.25) is 9.59 Å². The summed E-state index contributed by atoms with van der Waals surface area (Å²) in [6, 6.07) is 5.53. The molecule has 0 aliphatic heterocycles. The third-order valence-electron chi connectivity index (χ3n) is 3.52. The Morgan fingerprint density at radius 1 is 1.09 bits per heavy atom. The Bertz CT molecular complexity index is 602. The number of esters is 1. The van der Waals surface area contributed by atoms with Crippen molar-refractivity contribution in [3.05, 3.63) is 47.3 Å². The van der Waals surface area contributed by atoms with E-state index in [0.29, 0.717) is 11.1 Å². The molecule has 5 heteroatoms. The normalized spacial score (nSPS) is 12.9. The van der Waals surface area contributed by atoms with Crippen molar-refractivity contribution in [3.63, 3.8) is 0 Å². The molecule has 0 fully saturated rings. The minimum absolute atomic E-state index is 0.230. The van der Waals surface area contributed by atoms with E-state index in [1.54, 1.807) is 19.9 Å². The van der Waals surface area contributed by atoms with Crippen molar-refractivity contribution in [2.45, 2.75) is 33.6 Å². The fraction of sp³-hybridized carbons (Fsp3) is 0.389. The maximum Gasteiger partial charge on any atom is 0.333 e. The van der Waals surface area contributed by atoms with Gasteiger partial charge in [0, 0.05) is 11.5 Å². The van der Waals surface area contributed by atoms with Crippen LogP contribution in [0.3, 0.4) is 0 Å². The number of Topliss-reactive ketones (excluding diaryl/α,β-unsaturated/α-hetero) is 2. The second kappa shape index (κ2) is 8.36. The molecular weight excluding hydrogens is 299 g/mol. The van der Waals surface area contributed by atoms with E-state index in [-0.39, 0.29) is 18.2 Å². The molecule has 0 aliphatic rings. The number of ketones is 2. The molecule has 4 nitrogen and oxygen atoms in total. The van der Waals surface area contributed by atoms with Crippen molar-refractivity contribution in [2.75, 3.05) is 6.61 Å². The highest BCUT2D eigenvalue weighted by Gasteiger charge is 2.30. The summed E-state index contributed by atoms with van der Waals surface area (Å²) < 4.78 is 18.1. The number of hydrogen-bond acceptors (Lipinski definition) is 4. The molecule has 0 aliphatic carbocycles. The van der Waals surface area contributed by atoms with Crippen LogP contribution in [0.2, 0.25) is 0 Å². The van der Waals surface area contributed by atoms with Gasteiger partial charge in [-0.05, 0) is 45.4 Å². The van der Waals surface area contributed by atoms with Gasteiger partial charge in [-0.25, -0.2) is 9.18 Å². The molecule has 1 aromatic carbocycles. The smallest absolute Gasteiger partial charge is 0.333 e. The fourth-order valence-electron chi connectivity index (χ4n) is 2.44. The second-order valence-corrected chi connectivity index (χ2v) is 5.35. The van der Waals surface area contributed by atoms with Crippen molar-refractivity contribution < 1.29 is 23.5 Å². The van der Waals surface area contributed by atoms with E-state index in [1.165, 1.54) is 38.1 Å². The van der Waals surface area contributed by atoms with Gasteiger partial charge in [-0.15, -0.1) is 0 Å². The molecule has 0 radical (unpaired) electrons. The van der Waals surface area contributed by atoms with Crippen LogP contribution in [-0.4, -0.2) is 24.1 Å². The summed E-state index contributed by atoms with van der Waals surface area (Å²) in [4.78, 5) is 35.6. The molecule has 0 heterocycles. The summed E-state index contributed by atoms with van der Waals surface area (Å²) in [5, 5.41) is 0. The number of allylic oxidation sites excluding steroid dienone is 1. The molecule has 0 amide bonds. The number of ether oxygens (including phenoxy) is 1. The Morgan fingerprint density at radius 3 is 2.04 bits per heavy atom. The Kier molecular flexibility index (Phi) is 6.82. The van der Waals surface area contributed by atoms with Crippen molar-refractivity contribution in [1.29, 1.82) is 0 Å². The average Bonchev–Trinajstić information content (AvgIpc) is 2.46. The van der Waals surface area contributed by atoms with Crippen molar-refractivity contribution >= 4 is 17.5 Å². The molecule has 23 heavy (non-hydrogen) atoms. The van der Waals surface area contributed by atoms with Gasteiger partial charge in [0.1, 0.15) is 17.4 Å². The Hall–Kier alpha value is -2.30. The van der Waals surface area contributed by atoms with Crippen LogP contribution >= 0.6 is 0 Å². The highest BCUT2D eigenvalue weighted by atomic mass is 19.1. The van der Waals surface area contributed by atoms with Gasteiger partial charge in [-0.1, -0.05) is 18.2 Å². The molecular formula is C18H21FO4. The standard InChI is InChI=1S/C18H21FO4/c1-5-23-18(22)11(2)10-16(17(12(3)20)13(4)21)14-6-8-15(19)9-7-14/h6-10,16-17H,5H2,1-4H3/b11-10+. The summed E-state index contributed by atoms with van der Waals surface area (Å²) in [7, 11) is 0. The van der Waals surface area contributed by atoms with Crippen LogP contribution in [0.5, 0.6) is 0 Å². The van der Waals surface area contributed by atoms with Gasteiger partial charge in [-0.2, -0.15) is 0 Å². The summed E-state index contributed by atoms with van der Waals surface area (Å²) in [6.45, 7) is 6.14. The first kappa shape index (κ1) is 18.7. The third kappa shape index (κ3) is 5.13. The van der Waals surface area contributed by atoms with E-state index in [0.717, 1.165) is 0 Å². The lowest BCUT2D eigenvalue weighted by atomic mass is 9.80. The number of halogens is 1. The quantitative estimate of drug-likeness (QED) is 0.440. The molecule has 0 saturated heterocycles. The first-order valence-electron chi connectivity index (χ1n) is 7.39. The van der Waals surface area contributed by atoms with E-state index < -0.39 is 23.6 Å². The maximum atomic E-state index is 13.1. The zero-order chi connectivity index (χ0) is 17.6. The zero-order valence-corrected chi connectivity index (χ0v) is 13.8. The monoisotopic (exact) mass is 320 g/mol. The van der Waals surface area contributed by atoms with Gasteiger partial charge in [0.25, 0.3) is 0 Å². The minimum atomic E-state index is -0.926. The number of benzene rings is 1. The van der Waals surface area contributed by atoms with Crippen LogP contribution in [0, 0.1) is 11.7 Å². The third-order valence-corrected chi connectivity index (χ3v) is 3.52. The van der Waals surface area contributed by atoms with E-state index >= 15 is 0 Å². The molecule has 0 saturated carbocycles. The lowest BCUT2D eigenvalue weighted by Gasteiger charge is -2.21. The lowest BCUT2D eigenvalue weighted by Crippen LogP contribution is -2.26. The molecule has 0 spiro atoms. The number of carbonyl (C=O) groups is 3. The van der Waals surface area contributed by atoms with Gasteiger partial charge in [0.05, 0.1) is 12.5 Å². The number of carbonyl (C=O) groups excluding carboxylic acids is 3. The maximum absolute atomic E-state index is 13.1. The van der Waals surface area contributed by atoms with E-state index in [1.807, 2.05) is 0 Å². The summed E-state index contributed by atoms with van der Waals surface area (Å²) >= 11 is 0. The van der Waals surface area contributed by atoms with Crippen molar-refractivity contribution in [1.82, 2.24) is 0 Å². The Labute approximate surface area is 135 Å². The number of rotatable bonds is 7. The van der Waals surface area contributed by atoms with Crippen molar-refractivity contribution in [2.24, 2.45) is 5.92 Å². The first-order chi connectivity index (χ1) is 10.8. The molecule has 0 aromatic heterocycles. The predicted molar refractivity (Wildman–Crippen MR) is 84.4 cm³/mol. The van der Waals surface area contributed by atoms with Crippen LogP contribution in [0.25, 0.3) is 0 Å². The zero-order valence-electron chi connectivity index (χ0n) is 13.8. The lowest BCUT2D eigenvalue weighted by molar-refractivity contribution is -0.138. The first-order valence-corrected chi connectivity index (χ1v) is 7.39. The van der Waals surface area contributed by atoms with Gasteiger partial charge < -0.3 is 4.74 Å². The highest BCUT2D eigenvalue weighted by Crippen LogP contribution is 2.29. The molecule has 1 atom stereocenters.